The van der Waals surface area contributed by atoms with Crippen molar-refractivity contribution in [2.75, 3.05) is 7.11 Å². The minimum atomic E-state index is 0.675. The summed E-state index contributed by atoms with van der Waals surface area (Å²) < 4.78 is 6.51. The Balaban J connectivity index is 2.25. The molecular weight excluding hydrogens is 357 g/mol. The topological polar surface area (TPSA) is 33.0 Å². The van der Waals surface area contributed by atoms with Crippen LogP contribution >= 0.6 is 34.4 Å². The molecule has 0 aliphatic rings. The van der Waals surface area contributed by atoms with Crippen LogP contribution in [0.3, 0.4) is 0 Å². The maximum atomic E-state index is 8.75. The van der Waals surface area contributed by atoms with Gasteiger partial charge in [0.1, 0.15) is 5.75 Å². The Labute approximate surface area is 124 Å². The van der Waals surface area contributed by atoms with E-state index in [1.807, 2.05) is 36.4 Å². The minimum absolute atomic E-state index is 0.675. The predicted molar refractivity (Wildman–Crippen MR) is 81.0 cm³/mol. The zero-order valence-electron chi connectivity index (χ0n) is 9.68. The van der Waals surface area contributed by atoms with Gasteiger partial charge in [0.15, 0.2) is 0 Å². The SMILES string of the molecule is COc1cc(I)ccc1Sc1ccc(C#N)cc1. The van der Waals surface area contributed by atoms with Gasteiger partial charge >= 0.3 is 0 Å². The smallest absolute Gasteiger partial charge is 0.133 e. The molecule has 0 aliphatic heterocycles. The average Bonchev–Trinajstić information content (AvgIpc) is 2.41. The molecule has 0 bridgehead atoms. The lowest BCUT2D eigenvalue weighted by atomic mass is 10.2. The van der Waals surface area contributed by atoms with Crippen molar-refractivity contribution >= 4 is 34.4 Å². The van der Waals surface area contributed by atoms with Crippen molar-refractivity contribution in [3.8, 4) is 11.8 Å². The van der Waals surface area contributed by atoms with Crippen LogP contribution in [0.2, 0.25) is 0 Å². The van der Waals surface area contributed by atoms with Gasteiger partial charge in [-0.1, -0.05) is 11.8 Å². The normalized spacial score (nSPS) is 9.83. The summed E-state index contributed by atoms with van der Waals surface area (Å²) in [5.74, 6) is 0.872. The first-order valence-corrected chi connectivity index (χ1v) is 7.14. The standard InChI is InChI=1S/C14H10INOS/c1-17-13-8-11(15)4-7-14(13)18-12-5-2-10(9-16)3-6-12/h2-8H,1H3. The number of methoxy groups -OCH3 is 1. The minimum Gasteiger partial charge on any atom is -0.496 e. The van der Waals surface area contributed by atoms with Crippen LogP contribution < -0.4 is 4.74 Å². The molecule has 0 radical (unpaired) electrons. The second-order valence-corrected chi connectivity index (χ2v) is 5.89. The van der Waals surface area contributed by atoms with Gasteiger partial charge in [0.25, 0.3) is 0 Å². The third kappa shape index (κ3) is 3.18. The van der Waals surface area contributed by atoms with Crippen LogP contribution in [0.4, 0.5) is 0 Å². The fraction of sp³-hybridized carbons (Fsp3) is 0.0714. The molecule has 0 atom stereocenters. The molecule has 0 N–H and O–H groups in total. The van der Waals surface area contributed by atoms with Crippen LogP contribution in [0.25, 0.3) is 0 Å². The van der Waals surface area contributed by atoms with E-state index in [4.69, 9.17) is 10.00 Å². The Bertz CT molecular complexity index is 590. The number of nitriles is 1. The molecule has 0 saturated heterocycles. The third-order valence-electron chi connectivity index (χ3n) is 2.34. The number of halogens is 1. The summed E-state index contributed by atoms with van der Waals surface area (Å²) >= 11 is 3.89. The molecule has 0 aromatic heterocycles. The summed E-state index contributed by atoms with van der Waals surface area (Å²) in [6.07, 6.45) is 0. The highest BCUT2D eigenvalue weighted by molar-refractivity contribution is 14.1. The highest BCUT2D eigenvalue weighted by Gasteiger charge is 2.05. The molecule has 0 spiro atoms. The van der Waals surface area contributed by atoms with E-state index < -0.39 is 0 Å². The highest BCUT2D eigenvalue weighted by atomic mass is 127. The molecule has 0 amide bonds. The van der Waals surface area contributed by atoms with Crippen LogP contribution in [0.15, 0.2) is 52.3 Å². The first-order chi connectivity index (χ1) is 8.72. The second-order valence-electron chi connectivity index (χ2n) is 3.53. The Hall–Kier alpha value is -1.19. The summed E-state index contributed by atoms with van der Waals surface area (Å²) in [6, 6.07) is 15.7. The van der Waals surface area contributed by atoms with Crippen molar-refractivity contribution in [2.24, 2.45) is 0 Å². The lowest BCUT2D eigenvalue weighted by Crippen LogP contribution is -1.87. The first-order valence-electron chi connectivity index (χ1n) is 5.24. The molecule has 0 heterocycles. The van der Waals surface area contributed by atoms with Gasteiger partial charge in [-0.2, -0.15) is 5.26 Å². The maximum absolute atomic E-state index is 8.75. The Kier molecular flexibility index (Phi) is 4.50. The van der Waals surface area contributed by atoms with Crippen LogP contribution in [-0.2, 0) is 0 Å². The zero-order chi connectivity index (χ0) is 13.0. The van der Waals surface area contributed by atoms with E-state index in [-0.39, 0.29) is 0 Å². The Morgan fingerprint density at radius 2 is 1.89 bits per heavy atom. The summed E-state index contributed by atoms with van der Waals surface area (Å²) in [6.45, 7) is 0. The fourth-order valence-corrected chi connectivity index (χ4v) is 2.82. The van der Waals surface area contributed by atoms with Crippen LogP contribution in [-0.4, -0.2) is 7.11 Å². The molecule has 4 heteroatoms. The second kappa shape index (κ2) is 6.12. The maximum Gasteiger partial charge on any atom is 0.133 e. The van der Waals surface area contributed by atoms with Gasteiger partial charge in [0, 0.05) is 8.47 Å². The fourth-order valence-electron chi connectivity index (χ4n) is 1.45. The molecule has 0 unspecified atom stereocenters. The molecule has 2 aromatic rings. The number of benzene rings is 2. The van der Waals surface area contributed by atoms with Gasteiger partial charge in [-0.25, -0.2) is 0 Å². The van der Waals surface area contributed by atoms with Gasteiger partial charge in [-0.3, -0.25) is 0 Å². The molecule has 0 saturated carbocycles. The largest absolute Gasteiger partial charge is 0.496 e. The monoisotopic (exact) mass is 367 g/mol. The van der Waals surface area contributed by atoms with E-state index in [0.717, 1.165) is 19.1 Å². The molecule has 2 rings (SSSR count). The molecule has 2 aromatic carbocycles. The van der Waals surface area contributed by atoms with Crippen molar-refractivity contribution in [3.05, 3.63) is 51.6 Å². The van der Waals surface area contributed by atoms with Crippen molar-refractivity contribution in [1.82, 2.24) is 0 Å². The quantitative estimate of drug-likeness (QED) is 0.758. The Morgan fingerprint density at radius 1 is 1.17 bits per heavy atom. The molecule has 0 aliphatic carbocycles. The van der Waals surface area contributed by atoms with E-state index in [1.54, 1.807) is 18.9 Å². The van der Waals surface area contributed by atoms with E-state index in [0.29, 0.717) is 5.56 Å². The zero-order valence-corrected chi connectivity index (χ0v) is 12.7. The highest BCUT2D eigenvalue weighted by Crippen LogP contribution is 2.35. The van der Waals surface area contributed by atoms with Gasteiger partial charge in [-0.15, -0.1) is 0 Å². The summed E-state index contributed by atoms with van der Waals surface area (Å²) in [4.78, 5) is 2.16. The molecule has 0 fully saturated rings. The van der Waals surface area contributed by atoms with Crippen molar-refractivity contribution in [3.63, 3.8) is 0 Å². The van der Waals surface area contributed by atoms with E-state index in [2.05, 4.69) is 34.7 Å². The molecule has 18 heavy (non-hydrogen) atoms. The van der Waals surface area contributed by atoms with Gasteiger partial charge in [0.05, 0.1) is 23.6 Å². The number of nitrogens with zero attached hydrogens (tertiary/aromatic N) is 1. The van der Waals surface area contributed by atoms with E-state index in [9.17, 15) is 0 Å². The van der Waals surface area contributed by atoms with Crippen molar-refractivity contribution < 1.29 is 4.74 Å². The third-order valence-corrected chi connectivity index (χ3v) is 4.07. The summed E-state index contributed by atoms with van der Waals surface area (Å²) in [7, 11) is 1.67. The molecule has 2 nitrogen and oxygen atoms in total. The molecular formula is C14H10INOS. The van der Waals surface area contributed by atoms with E-state index >= 15 is 0 Å². The summed E-state index contributed by atoms with van der Waals surface area (Å²) in [5, 5.41) is 8.75. The number of ether oxygens (including phenoxy) is 1. The van der Waals surface area contributed by atoms with E-state index in [1.165, 1.54) is 0 Å². The number of rotatable bonds is 3. The number of hydrogen-bond acceptors (Lipinski definition) is 3. The van der Waals surface area contributed by atoms with Crippen LogP contribution in [0.5, 0.6) is 5.75 Å². The lowest BCUT2D eigenvalue weighted by Gasteiger charge is -2.08. The van der Waals surface area contributed by atoms with Crippen molar-refractivity contribution in [1.29, 1.82) is 5.26 Å². The Morgan fingerprint density at radius 3 is 2.50 bits per heavy atom. The van der Waals surface area contributed by atoms with Gasteiger partial charge in [-0.05, 0) is 65.1 Å². The van der Waals surface area contributed by atoms with Crippen LogP contribution in [0, 0.1) is 14.9 Å². The summed E-state index contributed by atoms with van der Waals surface area (Å²) in [5.41, 5.74) is 0.675. The number of hydrogen-bond donors (Lipinski definition) is 0. The van der Waals surface area contributed by atoms with Gasteiger partial charge in [0.2, 0.25) is 0 Å². The first kappa shape index (κ1) is 13.2. The lowest BCUT2D eigenvalue weighted by molar-refractivity contribution is 0.404. The van der Waals surface area contributed by atoms with Crippen molar-refractivity contribution in [2.45, 2.75) is 9.79 Å². The predicted octanol–water partition coefficient (Wildman–Crippen LogP) is 4.32. The molecule has 90 valence electrons. The van der Waals surface area contributed by atoms with Crippen LogP contribution in [0.1, 0.15) is 5.56 Å². The van der Waals surface area contributed by atoms with Gasteiger partial charge < -0.3 is 4.74 Å². The average molecular weight is 367 g/mol.